The van der Waals surface area contributed by atoms with E-state index in [9.17, 15) is 4.79 Å². The first-order valence-electron chi connectivity index (χ1n) is 4.20. The van der Waals surface area contributed by atoms with Gasteiger partial charge in [-0.1, -0.05) is 6.92 Å². The Bertz CT molecular complexity index is 143. The van der Waals surface area contributed by atoms with Gasteiger partial charge >= 0.3 is 5.97 Å². The van der Waals surface area contributed by atoms with Crippen LogP contribution in [0.1, 0.15) is 32.6 Å². The van der Waals surface area contributed by atoms with Crippen molar-refractivity contribution < 1.29 is 9.53 Å². The summed E-state index contributed by atoms with van der Waals surface area (Å²) in [6.07, 6.45) is 4.04. The largest absolute Gasteiger partial charge is 0.461 e. The summed E-state index contributed by atoms with van der Waals surface area (Å²) in [5.74, 6) is -0.239. The molecule has 1 aliphatic rings. The van der Waals surface area contributed by atoms with Crippen LogP contribution in [-0.2, 0) is 9.53 Å². The maximum atomic E-state index is 11.0. The maximum absolute atomic E-state index is 11.0. The van der Waals surface area contributed by atoms with Crippen LogP contribution in [0.15, 0.2) is 0 Å². The topological polar surface area (TPSA) is 52.3 Å². The zero-order valence-corrected chi connectivity index (χ0v) is 6.88. The molecule has 0 heterocycles. The zero-order chi connectivity index (χ0) is 8.27. The van der Waals surface area contributed by atoms with Crippen molar-refractivity contribution in [2.75, 3.05) is 0 Å². The fourth-order valence-electron chi connectivity index (χ4n) is 0.907. The van der Waals surface area contributed by atoms with Crippen molar-refractivity contribution in [1.82, 2.24) is 0 Å². The Morgan fingerprint density at radius 3 is 2.73 bits per heavy atom. The van der Waals surface area contributed by atoms with Gasteiger partial charge in [-0.3, -0.25) is 4.79 Å². The van der Waals surface area contributed by atoms with Crippen molar-refractivity contribution in [3.05, 3.63) is 0 Å². The lowest BCUT2D eigenvalue weighted by molar-refractivity contribution is -0.154. The van der Waals surface area contributed by atoms with Crippen LogP contribution in [0, 0.1) is 0 Å². The fourth-order valence-corrected chi connectivity index (χ4v) is 0.907. The Hall–Kier alpha value is -0.570. The minimum absolute atomic E-state index is 0.167. The van der Waals surface area contributed by atoms with E-state index in [1.807, 2.05) is 6.92 Å². The van der Waals surface area contributed by atoms with E-state index >= 15 is 0 Å². The number of ether oxygens (including phenoxy) is 1. The van der Waals surface area contributed by atoms with Gasteiger partial charge in [-0.2, -0.15) is 0 Å². The van der Waals surface area contributed by atoms with E-state index in [1.54, 1.807) is 0 Å². The van der Waals surface area contributed by atoms with Crippen LogP contribution in [0.2, 0.25) is 0 Å². The monoisotopic (exact) mass is 157 g/mol. The Kier molecular flexibility index (Phi) is 2.88. The minimum atomic E-state index is -0.421. The average molecular weight is 157 g/mol. The highest BCUT2D eigenvalue weighted by Crippen LogP contribution is 2.22. The highest BCUT2D eigenvalue weighted by atomic mass is 16.5. The lowest BCUT2D eigenvalue weighted by Gasteiger charge is -2.26. The summed E-state index contributed by atoms with van der Waals surface area (Å²) in [4.78, 5) is 11.0. The molecule has 1 fully saturated rings. The van der Waals surface area contributed by atoms with Crippen LogP contribution in [0.4, 0.5) is 0 Å². The molecule has 0 aliphatic heterocycles. The van der Waals surface area contributed by atoms with Gasteiger partial charge in [0.15, 0.2) is 0 Å². The van der Waals surface area contributed by atoms with Gasteiger partial charge in [0.25, 0.3) is 0 Å². The number of hydrogen-bond donors (Lipinski definition) is 1. The molecule has 0 amide bonds. The lowest BCUT2D eigenvalue weighted by Crippen LogP contribution is -2.36. The first kappa shape index (κ1) is 8.53. The smallest absolute Gasteiger partial charge is 0.323 e. The summed E-state index contributed by atoms with van der Waals surface area (Å²) in [7, 11) is 0. The number of nitrogens with two attached hydrogens (primary N) is 1. The molecule has 1 rings (SSSR count). The molecule has 2 N–H and O–H groups in total. The third-order valence-electron chi connectivity index (χ3n) is 2.08. The van der Waals surface area contributed by atoms with E-state index in [0.29, 0.717) is 6.42 Å². The zero-order valence-electron chi connectivity index (χ0n) is 6.88. The average Bonchev–Trinajstić information content (AvgIpc) is 1.94. The highest BCUT2D eigenvalue weighted by Gasteiger charge is 2.23. The lowest BCUT2D eigenvalue weighted by atomic mass is 9.96. The van der Waals surface area contributed by atoms with Crippen molar-refractivity contribution in [3.8, 4) is 0 Å². The standard InChI is InChI=1S/C8H15NO2/c1-2-7(9)8(10)11-6-4-3-5-6/h6-7H,2-5,9H2,1H3. The van der Waals surface area contributed by atoms with Crippen LogP contribution >= 0.6 is 0 Å². The summed E-state index contributed by atoms with van der Waals surface area (Å²) >= 11 is 0. The van der Waals surface area contributed by atoms with E-state index in [1.165, 1.54) is 6.42 Å². The van der Waals surface area contributed by atoms with E-state index in [2.05, 4.69) is 0 Å². The van der Waals surface area contributed by atoms with Gasteiger partial charge < -0.3 is 10.5 Å². The third kappa shape index (κ3) is 2.19. The van der Waals surface area contributed by atoms with E-state index in [-0.39, 0.29) is 12.1 Å². The van der Waals surface area contributed by atoms with E-state index in [0.717, 1.165) is 12.8 Å². The number of hydrogen-bond acceptors (Lipinski definition) is 3. The fraction of sp³-hybridized carbons (Fsp3) is 0.875. The van der Waals surface area contributed by atoms with E-state index < -0.39 is 6.04 Å². The van der Waals surface area contributed by atoms with Crippen molar-refractivity contribution in [2.45, 2.75) is 44.8 Å². The summed E-state index contributed by atoms with van der Waals surface area (Å²) in [5, 5.41) is 0. The molecule has 0 bridgehead atoms. The minimum Gasteiger partial charge on any atom is -0.461 e. The van der Waals surface area contributed by atoms with Gasteiger partial charge in [-0.05, 0) is 25.7 Å². The normalized spacial score (nSPS) is 20.5. The predicted octanol–water partition coefficient (Wildman–Crippen LogP) is 0.819. The van der Waals surface area contributed by atoms with Crippen LogP contribution < -0.4 is 5.73 Å². The number of carbonyl (C=O) groups excluding carboxylic acids is 1. The van der Waals surface area contributed by atoms with Gasteiger partial charge in [0, 0.05) is 0 Å². The molecule has 1 unspecified atom stereocenters. The van der Waals surface area contributed by atoms with Gasteiger partial charge in [-0.15, -0.1) is 0 Å². The van der Waals surface area contributed by atoms with Crippen LogP contribution in [-0.4, -0.2) is 18.1 Å². The van der Waals surface area contributed by atoms with E-state index in [4.69, 9.17) is 10.5 Å². The predicted molar refractivity (Wildman–Crippen MR) is 42.0 cm³/mol. The molecule has 0 radical (unpaired) electrons. The van der Waals surface area contributed by atoms with Gasteiger partial charge in [0.2, 0.25) is 0 Å². The number of esters is 1. The molecule has 3 nitrogen and oxygen atoms in total. The molecule has 1 aliphatic carbocycles. The number of rotatable bonds is 3. The quantitative estimate of drug-likeness (QED) is 0.617. The van der Waals surface area contributed by atoms with Crippen molar-refractivity contribution in [2.24, 2.45) is 5.73 Å². The molecule has 1 atom stereocenters. The second-order valence-corrected chi connectivity index (χ2v) is 3.00. The molecule has 0 saturated heterocycles. The summed E-state index contributed by atoms with van der Waals surface area (Å²) in [5.41, 5.74) is 5.47. The molecule has 0 spiro atoms. The van der Waals surface area contributed by atoms with Crippen LogP contribution in [0.3, 0.4) is 0 Å². The van der Waals surface area contributed by atoms with Gasteiger partial charge in [0.05, 0.1) is 0 Å². The highest BCUT2D eigenvalue weighted by molar-refractivity contribution is 5.75. The van der Waals surface area contributed by atoms with Crippen molar-refractivity contribution >= 4 is 5.97 Å². The molecule has 1 saturated carbocycles. The molecule has 11 heavy (non-hydrogen) atoms. The molecule has 3 heteroatoms. The SMILES string of the molecule is CCC(N)C(=O)OC1CCC1. The van der Waals surface area contributed by atoms with Crippen LogP contribution in [0.25, 0.3) is 0 Å². The third-order valence-corrected chi connectivity index (χ3v) is 2.08. The van der Waals surface area contributed by atoms with Gasteiger partial charge in [-0.25, -0.2) is 0 Å². The Balaban J connectivity index is 2.19. The second kappa shape index (κ2) is 3.72. The van der Waals surface area contributed by atoms with Crippen molar-refractivity contribution in [3.63, 3.8) is 0 Å². The Labute approximate surface area is 66.9 Å². The molecular formula is C8H15NO2. The first-order valence-corrected chi connectivity index (χ1v) is 4.20. The number of carbonyl (C=O) groups is 1. The molecule has 0 aromatic carbocycles. The molecule has 0 aromatic rings. The van der Waals surface area contributed by atoms with Crippen LogP contribution in [0.5, 0.6) is 0 Å². The Morgan fingerprint density at radius 1 is 1.73 bits per heavy atom. The summed E-state index contributed by atoms with van der Waals surface area (Å²) in [6.45, 7) is 1.88. The Morgan fingerprint density at radius 2 is 2.36 bits per heavy atom. The molecule has 64 valence electrons. The van der Waals surface area contributed by atoms with Gasteiger partial charge in [0.1, 0.15) is 12.1 Å². The maximum Gasteiger partial charge on any atom is 0.323 e. The molecular weight excluding hydrogens is 142 g/mol. The first-order chi connectivity index (χ1) is 5.24. The second-order valence-electron chi connectivity index (χ2n) is 3.00. The van der Waals surface area contributed by atoms with Crippen molar-refractivity contribution in [1.29, 1.82) is 0 Å². The summed E-state index contributed by atoms with van der Waals surface area (Å²) < 4.78 is 5.08. The summed E-state index contributed by atoms with van der Waals surface area (Å²) in [6, 6.07) is -0.421. The molecule has 0 aromatic heterocycles.